The van der Waals surface area contributed by atoms with Crippen LogP contribution in [0.4, 0.5) is 0 Å². The predicted molar refractivity (Wildman–Crippen MR) is 118 cm³/mol. The van der Waals surface area contributed by atoms with E-state index in [9.17, 15) is 9.90 Å². The number of aliphatic hydroxyl groups excluding tert-OH is 1. The molecular formula is C25H21N3O3. The first-order valence-electron chi connectivity index (χ1n) is 10.3. The third kappa shape index (κ3) is 3.68. The lowest BCUT2D eigenvalue weighted by Crippen LogP contribution is -2.34. The van der Waals surface area contributed by atoms with E-state index >= 15 is 0 Å². The molecule has 1 atom stereocenters. The molecule has 3 aromatic rings. The van der Waals surface area contributed by atoms with Gasteiger partial charge in [-0.25, -0.2) is 5.01 Å². The summed E-state index contributed by atoms with van der Waals surface area (Å²) in [6.07, 6.45) is 9.17. The lowest BCUT2D eigenvalue weighted by Gasteiger charge is -2.24. The number of aliphatic hydroxyl groups is 1. The van der Waals surface area contributed by atoms with Crippen LogP contribution in [0, 0.1) is 0 Å². The van der Waals surface area contributed by atoms with E-state index in [-0.39, 0.29) is 11.7 Å². The van der Waals surface area contributed by atoms with Gasteiger partial charge in [0.05, 0.1) is 17.5 Å². The van der Waals surface area contributed by atoms with E-state index in [1.807, 2.05) is 54.6 Å². The molecule has 1 aromatic carbocycles. The Morgan fingerprint density at radius 3 is 2.68 bits per heavy atom. The molecule has 31 heavy (non-hydrogen) atoms. The van der Waals surface area contributed by atoms with Crippen LogP contribution in [0.15, 0.2) is 100.0 Å². The summed E-state index contributed by atoms with van der Waals surface area (Å²) in [5.74, 6) is 0.790. The van der Waals surface area contributed by atoms with E-state index in [0.29, 0.717) is 24.4 Å². The van der Waals surface area contributed by atoms with Gasteiger partial charge in [-0.3, -0.25) is 9.78 Å². The van der Waals surface area contributed by atoms with Crippen molar-refractivity contribution in [2.24, 2.45) is 5.10 Å². The number of allylic oxidation sites excluding steroid dienone is 2. The molecular weight excluding hydrogens is 390 g/mol. The molecule has 154 valence electrons. The van der Waals surface area contributed by atoms with Crippen LogP contribution in [0.1, 0.15) is 35.4 Å². The first-order chi connectivity index (χ1) is 15.2. The van der Waals surface area contributed by atoms with Gasteiger partial charge in [-0.05, 0) is 24.6 Å². The molecule has 5 rings (SSSR count). The van der Waals surface area contributed by atoms with Gasteiger partial charge in [0.15, 0.2) is 5.76 Å². The molecule has 2 aromatic heterocycles. The second kappa shape index (κ2) is 8.07. The predicted octanol–water partition coefficient (Wildman–Crippen LogP) is 5.12. The molecule has 1 unspecified atom stereocenters. The van der Waals surface area contributed by atoms with E-state index in [1.165, 1.54) is 5.01 Å². The second-order valence-electron chi connectivity index (χ2n) is 7.53. The zero-order valence-corrected chi connectivity index (χ0v) is 16.8. The number of hydrazone groups is 1. The van der Waals surface area contributed by atoms with Gasteiger partial charge in [-0.2, -0.15) is 5.10 Å². The van der Waals surface area contributed by atoms with Crippen LogP contribution < -0.4 is 0 Å². The van der Waals surface area contributed by atoms with Crippen LogP contribution in [-0.2, 0) is 0 Å². The van der Waals surface area contributed by atoms with Crippen LogP contribution in [0.25, 0.3) is 11.3 Å². The minimum atomic E-state index is -0.399. The molecule has 3 heterocycles. The molecule has 0 spiro atoms. The highest BCUT2D eigenvalue weighted by Crippen LogP contribution is 2.32. The molecule has 1 aliphatic carbocycles. The number of nitrogens with zero attached hydrogens (tertiary/aromatic N) is 3. The quantitative estimate of drug-likeness (QED) is 0.646. The Bertz CT molecular complexity index is 1190. The van der Waals surface area contributed by atoms with Crippen molar-refractivity contribution in [3.63, 3.8) is 0 Å². The minimum absolute atomic E-state index is 0.208. The Morgan fingerprint density at radius 2 is 1.90 bits per heavy atom. The SMILES string of the molecule is O=C(c1ccc(-c2ccccc2)o1)N1N=C(c2cccnc2)CC1C1=C(O)CCC=C1. The largest absolute Gasteiger partial charge is 0.512 e. The molecule has 0 saturated heterocycles. The topological polar surface area (TPSA) is 78.9 Å². The number of carbonyl (C=O) groups excluding carboxylic acids is 1. The molecule has 6 nitrogen and oxygen atoms in total. The van der Waals surface area contributed by atoms with Crippen LogP contribution in [0.2, 0.25) is 0 Å². The number of rotatable bonds is 4. The smallest absolute Gasteiger partial charge is 0.310 e. The second-order valence-corrected chi connectivity index (χ2v) is 7.53. The number of carbonyl (C=O) groups is 1. The van der Waals surface area contributed by atoms with Gasteiger partial charge in [-0.1, -0.05) is 48.6 Å². The number of hydrogen-bond acceptors (Lipinski definition) is 5. The van der Waals surface area contributed by atoms with Crippen molar-refractivity contribution < 1.29 is 14.3 Å². The molecule has 1 amide bonds. The third-order valence-corrected chi connectivity index (χ3v) is 5.53. The van der Waals surface area contributed by atoms with Crippen LogP contribution in [-0.4, -0.2) is 32.8 Å². The summed E-state index contributed by atoms with van der Waals surface area (Å²) in [6, 6.07) is 16.5. The Morgan fingerprint density at radius 1 is 1.06 bits per heavy atom. The number of hydrogen-bond donors (Lipinski definition) is 1. The molecule has 1 aliphatic heterocycles. The molecule has 6 heteroatoms. The molecule has 0 saturated carbocycles. The molecule has 0 bridgehead atoms. The van der Waals surface area contributed by atoms with Gasteiger partial charge in [0, 0.05) is 41.9 Å². The number of amides is 1. The van der Waals surface area contributed by atoms with Crippen LogP contribution in [0.5, 0.6) is 0 Å². The highest BCUT2D eigenvalue weighted by atomic mass is 16.4. The van der Waals surface area contributed by atoms with Gasteiger partial charge in [0.2, 0.25) is 0 Å². The number of furan rings is 1. The summed E-state index contributed by atoms with van der Waals surface area (Å²) in [4.78, 5) is 17.6. The Balaban J connectivity index is 1.50. The van der Waals surface area contributed by atoms with Crippen molar-refractivity contribution >= 4 is 11.6 Å². The zero-order valence-electron chi connectivity index (χ0n) is 16.8. The van der Waals surface area contributed by atoms with E-state index < -0.39 is 6.04 Å². The summed E-state index contributed by atoms with van der Waals surface area (Å²) in [5, 5.41) is 16.6. The van der Waals surface area contributed by atoms with Gasteiger partial charge in [0.1, 0.15) is 5.76 Å². The van der Waals surface area contributed by atoms with Gasteiger partial charge >= 0.3 is 5.91 Å². The van der Waals surface area contributed by atoms with Crippen molar-refractivity contribution in [3.8, 4) is 11.3 Å². The highest BCUT2D eigenvalue weighted by Gasteiger charge is 2.37. The van der Waals surface area contributed by atoms with Crippen molar-refractivity contribution in [3.05, 3.63) is 102 Å². The summed E-state index contributed by atoms with van der Waals surface area (Å²) in [7, 11) is 0. The summed E-state index contributed by atoms with van der Waals surface area (Å²) in [5.41, 5.74) is 3.22. The summed E-state index contributed by atoms with van der Waals surface area (Å²) in [6.45, 7) is 0. The van der Waals surface area contributed by atoms with Crippen LogP contribution in [0.3, 0.4) is 0 Å². The van der Waals surface area contributed by atoms with E-state index in [0.717, 1.165) is 28.8 Å². The molecule has 0 radical (unpaired) electrons. The Labute approximate surface area is 179 Å². The number of aromatic nitrogens is 1. The first kappa shape index (κ1) is 19.1. The Kier molecular flexibility index (Phi) is 4.96. The van der Waals surface area contributed by atoms with E-state index in [4.69, 9.17) is 4.42 Å². The minimum Gasteiger partial charge on any atom is -0.512 e. The number of pyridine rings is 1. The van der Waals surface area contributed by atoms with Crippen molar-refractivity contribution in [2.45, 2.75) is 25.3 Å². The normalized spacial score (nSPS) is 18.4. The fourth-order valence-electron chi connectivity index (χ4n) is 3.95. The van der Waals surface area contributed by atoms with Crippen molar-refractivity contribution in [1.82, 2.24) is 9.99 Å². The maximum Gasteiger partial charge on any atom is 0.310 e. The fraction of sp³-hybridized carbons (Fsp3) is 0.160. The Hall–Kier alpha value is -3.93. The number of benzene rings is 1. The summed E-state index contributed by atoms with van der Waals surface area (Å²) >= 11 is 0. The first-order valence-corrected chi connectivity index (χ1v) is 10.3. The fourth-order valence-corrected chi connectivity index (χ4v) is 3.95. The monoisotopic (exact) mass is 411 g/mol. The molecule has 1 N–H and O–H groups in total. The standard InChI is InChI=1S/C25H21N3O3/c29-22-11-5-4-10-19(22)21-15-20(18-9-6-14-26-16-18)27-28(21)25(30)24-13-12-23(31-24)17-7-2-1-3-8-17/h1-4,6-10,12-14,16,21,29H,5,11,15H2. The van der Waals surface area contributed by atoms with E-state index in [1.54, 1.807) is 24.5 Å². The van der Waals surface area contributed by atoms with E-state index in [2.05, 4.69) is 10.1 Å². The summed E-state index contributed by atoms with van der Waals surface area (Å²) < 4.78 is 5.88. The van der Waals surface area contributed by atoms with Gasteiger partial charge in [0.25, 0.3) is 0 Å². The molecule has 0 fully saturated rings. The average Bonchev–Trinajstić information content (AvgIpc) is 3.48. The third-order valence-electron chi connectivity index (χ3n) is 5.53. The van der Waals surface area contributed by atoms with Gasteiger partial charge in [-0.15, -0.1) is 0 Å². The van der Waals surface area contributed by atoms with Crippen molar-refractivity contribution in [2.75, 3.05) is 0 Å². The van der Waals surface area contributed by atoms with Crippen molar-refractivity contribution in [1.29, 1.82) is 0 Å². The van der Waals surface area contributed by atoms with Gasteiger partial charge < -0.3 is 9.52 Å². The van der Waals surface area contributed by atoms with Crippen LogP contribution >= 0.6 is 0 Å². The highest BCUT2D eigenvalue weighted by molar-refractivity contribution is 6.04. The lowest BCUT2D eigenvalue weighted by atomic mass is 9.93. The zero-order chi connectivity index (χ0) is 21.2. The lowest BCUT2D eigenvalue weighted by molar-refractivity contribution is 0.0703. The maximum absolute atomic E-state index is 13.4. The average molecular weight is 411 g/mol. The maximum atomic E-state index is 13.4. The molecule has 2 aliphatic rings.